The number of hydrogen-bond donors (Lipinski definition) is 1. The van der Waals surface area contributed by atoms with Gasteiger partial charge in [0, 0.05) is 11.6 Å². The highest BCUT2D eigenvalue weighted by molar-refractivity contribution is 9.10. The van der Waals surface area contributed by atoms with E-state index in [1.165, 1.54) is 25.3 Å². The van der Waals surface area contributed by atoms with Crippen molar-refractivity contribution in [3.63, 3.8) is 0 Å². The minimum Gasteiger partial charge on any atom is -0.324 e. The highest BCUT2D eigenvalue weighted by Crippen LogP contribution is 2.26. The molecular formula is C14H20BrF2N. The second-order valence-corrected chi connectivity index (χ2v) is 5.45. The number of benzene rings is 1. The predicted molar refractivity (Wildman–Crippen MR) is 74.4 cm³/mol. The molecule has 0 saturated carbocycles. The molecule has 1 aromatic carbocycles. The van der Waals surface area contributed by atoms with Crippen LogP contribution in [0.5, 0.6) is 0 Å². The zero-order valence-electron chi connectivity index (χ0n) is 10.7. The van der Waals surface area contributed by atoms with Crippen molar-refractivity contribution in [1.82, 2.24) is 0 Å². The van der Waals surface area contributed by atoms with Crippen LogP contribution in [0.4, 0.5) is 8.78 Å². The van der Waals surface area contributed by atoms with Gasteiger partial charge < -0.3 is 5.73 Å². The van der Waals surface area contributed by atoms with Gasteiger partial charge in [-0.1, -0.05) is 39.0 Å². The fraction of sp³-hybridized carbons (Fsp3) is 0.571. The molecular weight excluding hydrogens is 300 g/mol. The molecule has 0 aliphatic carbocycles. The van der Waals surface area contributed by atoms with E-state index in [9.17, 15) is 8.78 Å². The Kier molecular flexibility index (Phi) is 6.79. The molecule has 0 spiro atoms. The topological polar surface area (TPSA) is 26.0 Å². The van der Waals surface area contributed by atoms with Crippen molar-refractivity contribution >= 4 is 15.9 Å². The molecule has 18 heavy (non-hydrogen) atoms. The number of rotatable bonds is 7. The highest BCUT2D eigenvalue weighted by atomic mass is 79.9. The molecule has 0 amide bonds. The summed E-state index contributed by atoms with van der Waals surface area (Å²) in [6.07, 6.45) is 6.34. The highest BCUT2D eigenvalue weighted by Gasteiger charge is 2.14. The zero-order valence-corrected chi connectivity index (χ0v) is 12.3. The summed E-state index contributed by atoms with van der Waals surface area (Å²) in [7, 11) is 0. The van der Waals surface area contributed by atoms with Gasteiger partial charge in [0.05, 0.1) is 4.47 Å². The molecule has 0 heterocycles. The zero-order chi connectivity index (χ0) is 13.5. The van der Waals surface area contributed by atoms with E-state index in [0.29, 0.717) is 6.42 Å². The van der Waals surface area contributed by atoms with Crippen molar-refractivity contribution in [2.24, 2.45) is 5.73 Å². The van der Waals surface area contributed by atoms with E-state index >= 15 is 0 Å². The van der Waals surface area contributed by atoms with Crippen LogP contribution < -0.4 is 5.73 Å². The quantitative estimate of drug-likeness (QED) is 0.550. The van der Waals surface area contributed by atoms with Crippen molar-refractivity contribution in [3.8, 4) is 0 Å². The van der Waals surface area contributed by atoms with Crippen LogP contribution >= 0.6 is 15.9 Å². The maximum Gasteiger partial charge on any atom is 0.137 e. The van der Waals surface area contributed by atoms with E-state index in [-0.39, 0.29) is 10.0 Å². The van der Waals surface area contributed by atoms with Gasteiger partial charge in [-0.25, -0.2) is 8.78 Å². The second kappa shape index (κ2) is 7.85. The molecule has 0 aliphatic heterocycles. The molecule has 1 unspecified atom stereocenters. The summed E-state index contributed by atoms with van der Waals surface area (Å²) in [6.45, 7) is 2.16. The maximum absolute atomic E-state index is 13.6. The average molecular weight is 320 g/mol. The van der Waals surface area contributed by atoms with Crippen LogP contribution in [0.25, 0.3) is 0 Å². The third-order valence-electron chi connectivity index (χ3n) is 3.06. The fourth-order valence-corrected chi connectivity index (χ4v) is 2.26. The standard InChI is InChI=1S/C14H20BrF2N/c1-2-3-4-5-6-7-14(18)10-8-13(17)11(15)9-12(10)16/h8-9,14H,2-7,18H2,1H3. The number of halogens is 3. The third-order valence-corrected chi connectivity index (χ3v) is 3.67. The van der Waals surface area contributed by atoms with Crippen LogP contribution in [0.1, 0.15) is 57.1 Å². The van der Waals surface area contributed by atoms with Crippen LogP contribution in [0, 0.1) is 11.6 Å². The van der Waals surface area contributed by atoms with E-state index in [4.69, 9.17) is 5.73 Å². The Bertz CT molecular complexity index is 382. The van der Waals surface area contributed by atoms with Crippen LogP contribution in [-0.2, 0) is 0 Å². The lowest BCUT2D eigenvalue weighted by Crippen LogP contribution is -2.12. The van der Waals surface area contributed by atoms with Gasteiger partial charge in [-0.2, -0.15) is 0 Å². The van der Waals surface area contributed by atoms with Crippen LogP contribution in [0.15, 0.2) is 16.6 Å². The Morgan fingerprint density at radius 3 is 2.44 bits per heavy atom. The van der Waals surface area contributed by atoms with Crippen molar-refractivity contribution in [2.45, 2.75) is 51.5 Å². The molecule has 2 N–H and O–H groups in total. The minimum absolute atomic E-state index is 0.138. The van der Waals surface area contributed by atoms with Gasteiger partial charge in [-0.05, 0) is 34.5 Å². The van der Waals surface area contributed by atoms with E-state index in [1.54, 1.807) is 0 Å². The first kappa shape index (κ1) is 15.6. The molecule has 1 atom stereocenters. The lowest BCUT2D eigenvalue weighted by Gasteiger charge is -2.13. The molecule has 4 heteroatoms. The molecule has 0 fully saturated rings. The summed E-state index contributed by atoms with van der Waals surface area (Å²) in [5.41, 5.74) is 6.18. The molecule has 0 saturated heterocycles. The lowest BCUT2D eigenvalue weighted by atomic mass is 10.00. The first-order chi connectivity index (χ1) is 8.56. The van der Waals surface area contributed by atoms with Gasteiger partial charge in [0.25, 0.3) is 0 Å². The van der Waals surface area contributed by atoms with E-state index in [0.717, 1.165) is 18.9 Å². The van der Waals surface area contributed by atoms with Crippen LogP contribution in [0.3, 0.4) is 0 Å². The van der Waals surface area contributed by atoms with Crippen molar-refractivity contribution in [3.05, 3.63) is 33.8 Å². The van der Waals surface area contributed by atoms with E-state index < -0.39 is 17.7 Å². The lowest BCUT2D eigenvalue weighted by molar-refractivity contribution is 0.518. The number of nitrogens with two attached hydrogens (primary N) is 1. The number of unbranched alkanes of at least 4 members (excludes halogenated alkanes) is 4. The van der Waals surface area contributed by atoms with Gasteiger partial charge >= 0.3 is 0 Å². The van der Waals surface area contributed by atoms with Crippen molar-refractivity contribution in [1.29, 1.82) is 0 Å². The second-order valence-electron chi connectivity index (χ2n) is 4.60. The molecule has 1 rings (SSSR count). The van der Waals surface area contributed by atoms with Crippen molar-refractivity contribution < 1.29 is 8.78 Å². The van der Waals surface area contributed by atoms with Gasteiger partial charge in [0.2, 0.25) is 0 Å². The summed E-state index contributed by atoms with van der Waals surface area (Å²) in [5.74, 6) is -0.905. The van der Waals surface area contributed by atoms with Gasteiger partial charge in [0.1, 0.15) is 11.6 Å². The largest absolute Gasteiger partial charge is 0.324 e. The predicted octanol–water partition coefficient (Wildman–Crippen LogP) is 5.09. The molecule has 0 bridgehead atoms. The van der Waals surface area contributed by atoms with Crippen molar-refractivity contribution in [2.75, 3.05) is 0 Å². The Morgan fingerprint density at radius 2 is 1.78 bits per heavy atom. The SMILES string of the molecule is CCCCCCCC(N)c1cc(F)c(Br)cc1F. The molecule has 0 radical (unpaired) electrons. The van der Waals surface area contributed by atoms with Crippen LogP contribution in [0.2, 0.25) is 0 Å². The normalized spacial score (nSPS) is 12.7. The summed E-state index contributed by atoms with van der Waals surface area (Å²) in [4.78, 5) is 0. The third kappa shape index (κ3) is 4.65. The smallest absolute Gasteiger partial charge is 0.137 e. The summed E-state index contributed by atoms with van der Waals surface area (Å²) in [5, 5.41) is 0. The molecule has 102 valence electrons. The van der Waals surface area contributed by atoms with Gasteiger partial charge in [-0.15, -0.1) is 0 Å². The molecule has 1 aromatic rings. The Balaban J connectivity index is 2.51. The average Bonchev–Trinajstić information content (AvgIpc) is 2.33. The van der Waals surface area contributed by atoms with Crippen LogP contribution in [-0.4, -0.2) is 0 Å². The minimum atomic E-state index is -0.465. The molecule has 0 aromatic heterocycles. The molecule has 1 nitrogen and oxygen atoms in total. The Labute approximate surface area is 116 Å². The van der Waals surface area contributed by atoms with Gasteiger partial charge in [-0.3, -0.25) is 0 Å². The monoisotopic (exact) mass is 319 g/mol. The van der Waals surface area contributed by atoms with E-state index in [2.05, 4.69) is 22.9 Å². The molecule has 0 aliphatic rings. The Hall–Kier alpha value is -0.480. The maximum atomic E-state index is 13.6. The fourth-order valence-electron chi connectivity index (χ4n) is 1.95. The number of hydrogen-bond acceptors (Lipinski definition) is 1. The summed E-state index contributed by atoms with van der Waals surface area (Å²) >= 11 is 2.95. The Morgan fingerprint density at radius 1 is 1.11 bits per heavy atom. The van der Waals surface area contributed by atoms with E-state index in [1.807, 2.05) is 0 Å². The first-order valence-electron chi connectivity index (χ1n) is 6.46. The summed E-state index contributed by atoms with van der Waals surface area (Å²) in [6, 6.07) is 1.91. The first-order valence-corrected chi connectivity index (χ1v) is 7.25. The van der Waals surface area contributed by atoms with Gasteiger partial charge in [0.15, 0.2) is 0 Å². The summed E-state index contributed by atoms with van der Waals surface area (Å²) < 4.78 is 27.1.